The summed E-state index contributed by atoms with van der Waals surface area (Å²) in [4.78, 5) is 17.0. The molecule has 0 heterocycles. The van der Waals surface area contributed by atoms with Crippen molar-refractivity contribution in [2.45, 2.75) is 0 Å². The molecule has 0 fully saturated rings. The SMILES string of the molecule is O=[Si]([O-])[O-].[B].[Sr+2]. The van der Waals surface area contributed by atoms with Gasteiger partial charge in [0.25, 0.3) is 0 Å². The van der Waals surface area contributed by atoms with Crippen LogP contribution in [0.3, 0.4) is 0 Å². The van der Waals surface area contributed by atoms with Crippen molar-refractivity contribution in [2.75, 3.05) is 0 Å². The Morgan fingerprint density at radius 1 is 1.33 bits per heavy atom. The van der Waals surface area contributed by atoms with Gasteiger partial charge in [0, 0.05) is 17.6 Å². The summed E-state index contributed by atoms with van der Waals surface area (Å²) in [5.41, 5.74) is 0. The van der Waals surface area contributed by atoms with E-state index in [1.54, 1.807) is 0 Å². The van der Waals surface area contributed by atoms with E-state index in [2.05, 4.69) is 0 Å². The van der Waals surface area contributed by atoms with Crippen molar-refractivity contribution >= 4 is 63.1 Å². The molecule has 0 aliphatic rings. The van der Waals surface area contributed by atoms with E-state index in [0.717, 1.165) is 0 Å². The maximum atomic E-state index is 8.52. The third-order valence-corrected chi connectivity index (χ3v) is 0. The van der Waals surface area contributed by atoms with Crippen molar-refractivity contribution in [3.63, 3.8) is 0 Å². The van der Waals surface area contributed by atoms with Crippen molar-refractivity contribution in [2.24, 2.45) is 0 Å². The van der Waals surface area contributed by atoms with E-state index in [1.165, 1.54) is 0 Å². The molecule has 0 aliphatic carbocycles. The molecule has 0 aromatic rings. The Hall–Kier alpha value is 1.16. The van der Waals surface area contributed by atoms with Crippen LogP contribution >= 0.6 is 0 Å². The van der Waals surface area contributed by atoms with Crippen LogP contribution in [0, 0.1) is 0 Å². The zero-order valence-corrected chi connectivity index (χ0v) is 7.49. The predicted octanol–water partition coefficient (Wildman–Crippen LogP) is -3.64. The summed E-state index contributed by atoms with van der Waals surface area (Å²) in [5, 5.41) is 0. The molecule has 0 aliphatic heterocycles. The summed E-state index contributed by atoms with van der Waals surface area (Å²) < 4.78 is 8.52. The average Bonchev–Trinajstić information content (AvgIpc) is 0.811. The molecule has 3 radical (unpaired) electrons. The minimum Gasteiger partial charge on any atom is -0.672 e. The smallest absolute Gasteiger partial charge is 0.672 e. The molecule has 0 aromatic carbocycles. The second kappa shape index (κ2) is 9.48. The van der Waals surface area contributed by atoms with Crippen LogP contribution in [0.15, 0.2) is 0 Å². The van der Waals surface area contributed by atoms with Gasteiger partial charge in [0.05, 0.1) is 0 Å². The first-order valence-electron chi connectivity index (χ1n) is 0.612. The van der Waals surface area contributed by atoms with Gasteiger partial charge in [0.15, 0.2) is 0 Å². The van der Waals surface area contributed by atoms with E-state index >= 15 is 0 Å². The summed E-state index contributed by atoms with van der Waals surface area (Å²) in [5.74, 6) is 0. The second-order valence-electron chi connectivity index (χ2n) is 0.250. The maximum Gasteiger partial charge on any atom is 2.00 e. The Balaban J connectivity index is -0.0000000450. The first-order chi connectivity index (χ1) is 1.73. The molecule has 0 saturated carbocycles. The summed E-state index contributed by atoms with van der Waals surface area (Å²) >= 11 is 0. The molecule has 27 valence electrons. The molecule has 0 unspecified atom stereocenters. The fourth-order valence-corrected chi connectivity index (χ4v) is 0. The molecular formula is BO3SiSr. The summed E-state index contributed by atoms with van der Waals surface area (Å²) in [6.07, 6.45) is 0. The van der Waals surface area contributed by atoms with Crippen LogP contribution in [0.2, 0.25) is 0 Å². The molecule has 0 N–H and O–H groups in total. The summed E-state index contributed by atoms with van der Waals surface area (Å²) in [7, 11) is -3.63. The first-order valence-corrected chi connectivity index (χ1v) is 1.84. The van der Waals surface area contributed by atoms with Crippen LogP contribution in [0.4, 0.5) is 0 Å². The zero-order chi connectivity index (χ0) is 3.58. The van der Waals surface area contributed by atoms with Crippen LogP contribution in [-0.4, -0.2) is 63.1 Å². The van der Waals surface area contributed by atoms with Gasteiger partial charge < -0.3 is 14.1 Å². The quantitative estimate of drug-likeness (QED) is 0.356. The minimum atomic E-state index is -3.63. The first kappa shape index (κ1) is 15.7. The van der Waals surface area contributed by atoms with Gasteiger partial charge in [-0.1, -0.05) is 0 Å². The number of hydrogen-bond acceptors (Lipinski definition) is 3. The second-order valence-corrected chi connectivity index (χ2v) is 0.750. The van der Waals surface area contributed by atoms with Gasteiger partial charge in [-0.3, -0.25) is 0 Å². The molecule has 0 atom stereocenters. The van der Waals surface area contributed by atoms with E-state index < -0.39 is 9.17 Å². The Morgan fingerprint density at radius 3 is 1.33 bits per heavy atom. The molecule has 0 amide bonds. The van der Waals surface area contributed by atoms with Crippen LogP contribution in [0.5, 0.6) is 0 Å². The normalized spacial score (nSPS) is 4.00. The van der Waals surface area contributed by atoms with Gasteiger partial charge in [-0.25, -0.2) is 0 Å². The zero-order valence-electron chi connectivity index (χ0n) is 3.01. The van der Waals surface area contributed by atoms with Crippen molar-refractivity contribution in [3.8, 4) is 0 Å². The van der Waals surface area contributed by atoms with E-state index in [0.29, 0.717) is 0 Å². The third kappa shape index (κ3) is 66.2. The van der Waals surface area contributed by atoms with Gasteiger partial charge >= 0.3 is 45.5 Å². The molecule has 6 heavy (non-hydrogen) atoms. The van der Waals surface area contributed by atoms with Gasteiger partial charge in [0.2, 0.25) is 0 Å². The Labute approximate surface area is 76.1 Å². The predicted molar refractivity (Wildman–Crippen MR) is 17.9 cm³/mol. The fourth-order valence-electron chi connectivity index (χ4n) is 0. The average molecular weight is 175 g/mol. The minimum absolute atomic E-state index is 0. The Kier molecular flexibility index (Phi) is 24.8. The van der Waals surface area contributed by atoms with Crippen LogP contribution in [-0.2, 0) is 4.46 Å². The molecule has 0 aromatic heterocycles. The standard InChI is InChI=1S/B.O3Si.Sr/c;1-4(2)3;/q;-2;+2. The molecular weight excluding hydrogens is 175 g/mol. The van der Waals surface area contributed by atoms with Crippen LogP contribution in [0.25, 0.3) is 0 Å². The maximum absolute atomic E-state index is 8.52. The summed E-state index contributed by atoms with van der Waals surface area (Å²) in [6.45, 7) is 0. The van der Waals surface area contributed by atoms with E-state index in [9.17, 15) is 0 Å². The summed E-state index contributed by atoms with van der Waals surface area (Å²) in [6, 6.07) is 0. The van der Waals surface area contributed by atoms with Gasteiger partial charge in [-0.05, 0) is 0 Å². The Bertz CT molecular complexity index is 33.8. The molecule has 0 spiro atoms. The van der Waals surface area contributed by atoms with Crippen molar-refractivity contribution < 1.29 is 14.1 Å². The molecule has 3 nitrogen and oxygen atoms in total. The topological polar surface area (TPSA) is 63.2 Å². The molecule has 6 heteroatoms. The van der Waals surface area contributed by atoms with Crippen molar-refractivity contribution in [1.82, 2.24) is 0 Å². The fraction of sp³-hybridized carbons (Fsp3) is 0. The Morgan fingerprint density at radius 2 is 1.33 bits per heavy atom. The van der Waals surface area contributed by atoms with Gasteiger partial charge in [-0.2, -0.15) is 0 Å². The van der Waals surface area contributed by atoms with Gasteiger partial charge in [0.1, 0.15) is 0 Å². The molecule has 0 saturated heterocycles. The van der Waals surface area contributed by atoms with Crippen molar-refractivity contribution in [1.29, 1.82) is 0 Å². The molecule has 0 bridgehead atoms. The van der Waals surface area contributed by atoms with Crippen LogP contribution in [0.1, 0.15) is 0 Å². The number of rotatable bonds is 0. The van der Waals surface area contributed by atoms with Crippen molar-refractivity contribution in [3.05, 3.63) is 0 Å². The van der Waals surface area contributed by atoms with E-state index in [4.69, 9.17) is 14.1 Å². The van der Waals surface area contributed by atoms with E-state index in [1.807, 2.05) is 0 Å². The molecule has 0 rings (SSSR count). The number of hydrogen-bond donors (Lipinski definition) is 0. The van der Waals surface area contributed by atoms with Crippen LogP contribution < -0.4 is 9.59 Å². The van der Waals surface area contributed by atoms with Gasteiger partial charge in [-0.15, -0.1) is 0 Å². The monoisotopic (exact) mass is 175 g/mol. The van der Waals surface area contributed by atoms with E-state index in [-0.39, 0.29) is 53.9 Å². The third-order valence-electron chi connectivity index (χ3n) is 0. The largest absolute Gasteiger partial charge is 2.00 e.